The Morgan fingerprint density at radius 1 is 0.846 bits per heavy atom. The van der Waals surface area contributed by atoms with Crippen molar-refractivity contribution < 1.29 is 35.5 Å². The number of halogens is 7. The number of aromatic nitrogens is 3. The third-order valence-electron chi connectivity index (χ3n) is 6.83. The predicted molar refractivity (Wildman–Crippen MR) is 128 cm³/mol. The first-order valence-corrected chi connectivity index (χ1v) is 12.1. The summed E-state index contributed by atoms with van der Waals surface area (Å²) in [5, 5.41) is 8.58. The number of rotatable bonds is 5. The second-order valence-corrected chi connectivity index (χ2v) is 9.43. The molecular weight excluding hydrogens is 527 g/mol. The average molecular weight is 549 g/mol. The molecule has 0 radical (unpaired) electrons. The van der Waals surface area contributed by atoms with Gasteiger partial charge >= 0.3 is 12.4 Å². The molecule has 39 heavy (non-hydrogen) atoms. The summed E-state index contributed by atoms with van der Waals surface area (Å²) in [6.45, 7) is 1.72. The Bertz CT molecular complexity index is 1410. The van der Waals surface area contributed by atoms with Crippen molar-refractivity contribution in [3.8, 4) is 11.4 Å². The molecule has 0 bridgehead atoms. The molecule has 1 aliphatic rings. The second-order valence-electron chi connectivity index (χ2n) is 9.43. The van der Waals surface area contributed by atoms with Crippen molar-refractivity contribution in [3.63, 3.8) is 0 Å². The Morgan fingerprint density at radius 2 is 1.46 bits per heavy atom. The molecule has 204 valence electrons. The molecule has 3 atom stereocenters. The molecule has 1 aliphatic heterocycles. The van der Waals surface area contributed by atoms with Gasteiger partial charge in [0.2, 0.25) is 0 Å². The van der Waals surface area contributed by atoms with Crippen LogP contribution in [0.5, 0.6) is 0 Å². The fraction of sp³-hybridized carbons (Fsp3) is 0.286. The quantitative estimate of drug-likeness (QED) is 0.241. The molecule has 0 N–H and O–H groups in total. The number of benzene rings is 3. The van der Waals surface area contributed by atoms with E-state index in [0.717, 1.165) is 5.56 Å². The summed E-state index contributed by atoms with van der Waals surface area (Å²) in [5.74, 6) is 0.312. The highest BCUT2D eigenvalue weighted by Gasteiger charge is 2.39. The summed E-state index contributed by atoms with van der Waals surface area (Å²) in [7, 11) is 0. The minimum atomic E-state index is -4.97. The highest BCUT2D eigenvalue weighted by Crippen LogP contribution is 2.40. The van der Waals surface area contributed by atoms with Crippen LogP contribution >= 0.6 is 0 Å². The molecule has 0 saturated carbocycles. The highest BCUT2D eigenvalue weighted by molar-refractivity contribution is 5.55. The maximum Gasteiger partial charge on any atom is 0.416 e. The van der Waals surface area contributed by atoms with Crippen LogP contribution in [0.25, 0.3) is 11.4 Å². The van der Waals surface area contributed by atoms with Crippen molar-refractivity contribution in [3.05, 3.63) is 107 Å². The number of hydrogen-bond acceptors (Lipinski definition) is 3. The summed E-state index contributed by atoms with van der Waals surface area (Å²) >= 11 is 0. The Kier molecular flexibility index (Phi) is 6.96. The first-order valence-electron chi connectivity index (χ1n) is 12.1. The van der Waals surface area contributed by atoms with Gasteiger partial charge in [0.1, 0.15) is 11.6 Å². The third-order valence-corrected chi connectivity index (χ3v) is 6.83. The lowest BCUT2D eigenvalue weighted by molar-refractivity contribution is -0.143. The number of ether oxygens (including phenoxy) is 1. The van der Waals surface area contributed by atoms with E-state index in [1.165, 1.54) is 19.1 Å². The molecule has 0 unspecified atom stereocenters. The van der Waals surface area contributed by atoms with Gasteiger partial charge in [0.15, 0.2) is 5.82 Å². The van der Waals surface area contributed by atoms with Gasteiger partial charge in [-0.15, -0.1) is 10.2 Å². The van der Waals surface area contributed by atoms with Gasteiger partial charge < -0.3 is 9.30 Å². The van der Waals surface area contributed by atoms with Crippen LogP contribution in [0.2, 0.25) is 0 Å². The van der Waals surface area contributed by atoms with E-state index < -0.39 is 47.4 Å². The molecule has 2 heterocycles. The molecule has 4 nitrogen and oxygen atoms in total. The summed E-state index contributed by atoms with van der Waals surface area (Å²) in [5.41, 5.74) is -1.55. The van der Waals surface area contributed by atoms with Crippen LogP contribution in [0.1, 0.15) is 47.0 Å². The van der Waals surface area contributed by atoms with Gasteiger partial charge in [0.25, 0.3) is 0 Å². The SMILES string of the molecule is C[C@@H](O[C@H]1Cc2nnc(-c3ccccc3)n2C[C@@H]1c1ccc(F)cc1)c1cc(C(F)(F)F)cc(C(F)(F)F)c1. The summed E-state index contributed by atoms with van der Waals surface area (Å²) < 4.78 is 102. The van der Waals surface area contributed by atoms with Crippen LogP contribution in [0.4, 0.5) is 30.7 Å². The van der Waals surface area contributed by atoms with Crippen LogP contribution in [0.15, 0.2) is 72.8 Å². The van der Waals surface area contributed by atoms with E-state index in [0.29, 0.717) is 35.9 Å². The number of fused-ring (bicyclic) bond motifs is 1. The molecular formula is C28H22F7N3O. The molecule has 0 amide bonds. The lowest BCUT2D eigenvalue weighted by atomic mass is 9.88. The maximum atomic E-state index is 13.7. The molecule has 11 heteroatoms. The summed E-state index contributed by atoms with van der Waals surface area (Å²) in [4.78, 5) is 0. The molecule has 0 saturated heterocycles. The van der Waals surface area contributed by atoms with Crippen molar-refractivity contribution in [1.82, 2.24) is 14.8 Å². The van der Waals surface area contributed by atoms with Gasteiger partial charge in [0.05, 0.1) is 23.3 Å². The molecule has 0 spiro atoms. The van der Waals surface area contributed by atoms with Crippen molar-refractivity contribution >= 4 is 0 Å². The molecule has 4 aromatic rings. The molecule has 3 aromatic carbocycles. The third kappa shape index (κ3) is 5.68. The Balaban J connectivity index is 1.51. The number of nitrogens with zero attached hydrogens (tertiary/aromatic N) is 3. The topological polar surface area (TPSA) is 39.9 Å². The van der Waals surface area contributed by atoms with E-state index in [9.17, 15) is 30.7 Å². The van der Waals surface area contributed by atoms with Gasteiger partial charge in [-0.3, -0.25) is 0 Å². The Morgan fingerprint density at radius 3 is 2.05 bits per heavy atom. The van der Waals surface area contributed by atoms with Crippen molar-refractivity contribution in [1.29, 1.82) is 0 Å². The zero-order chi connectivity index (χ0) is 27.9. The predicted octanol–water partition coefficient (Wildman–Crippen LogP) is 7.61. The fourth-order valence-corrected chi connectivity index (χ4v) is 4.84. The summed E-state index contributed by atoms with van der Waals surface area (Å²) in [6, 6.07) is 16.5. The average Bonchev–Trinajstić information content (AvgIpc) is 3.31. The molecule has 0 fully saturated rings. The monoisotopic (exact) mass is 549 g/mol. The zero-order valence-corrected chi connectivity index (χ0v) is 20.5. The summed E-state index contributed by atoms with van der Waals surface area (Å²) in [6.07, 6.45) is -11.6. The zero-order valence-electron chi connectivity index (χ0n) is 20.5. The van der Waals surface area contributed by atoms with E-state index in [4.69, 9.17) is 4.74 Å². The smallest absolute Gasteiger partial charge is 0.369 e. The van der Waals surface area contributed by atoms with E-state index in [1.807, 2.05) is 34.9 Å². The lowest BCUT2D eigenvalue weighted by Gasteiger charge is -2.35. The minimum absolute atomic E-state index is 0.0890. The van der Waals surface area contributed by atoms with Gasteiger partial charge in [-0.25, -0.2) is 4.39 Å². The molecule has 0 aliphatic carbocycles. The van der Waals surface area contributed by atoms with Crippen LogP contribution in [0.3, 0.4) is 0 Å². The van der Waals surface area contributed by atoms with Gasteiger partial charge in [0, 0.05) is 24.4 Å². The van der Waals surface area contributed by atoms with Gasteiger partial charge in [-0.2, -0.15) is 26.3 Å². The van der Waals surface area contributed by atoms with E-state index in [-0.39, 0.29) is 18.1 Å². The van der Waals surface area contributed by atoms with Gasteiger partial charge in [-0.1, -0.05) is 42.5 Å². The first-order chi connectivity index (χ1) is 18.4. The van der Waals surface area contributed by atoms with Gasteiger partial charge in [-0.05, 0) is 48.4 Å². The van der Waals surface area contributed by atoms with Crippen LogP contribution in [-0.2, 0) is 30.1 Å². The van der Waals surface area contributed by atoms with Crippen LogP contribution in [-0.4, -0.2) is 20.9 Å². The Hall–Kier alpha value is -3.73. The molecule has 1 aromatic heterocycles. The van der Waals surface area contributed by atoms with Crippen molar-refractivity contribution in [2.75, 3.05) is 0 Å². The van der Waals surface area contributed by atoms with Crippen molar-refractivity contribution in [2.24, 2.45) is 0 Å². The molecule has 5 rings (SSSR count). The standard InChI is InChI=1S/C28H22F7N3O/c1-16(19-11-20(27(30,31)32)13-21(12-19)28(33,34)35)39-24-14-25-36-37-26(18-5-3-2-4-6-18)38(25)15-23(24)17-7-9-22(29)10-8-17/h2-13,16,23-24H,14-15H2,1H3/t16-,23-,24+/m1/s1. The highest BCUT2D eigenvalue weighted by atomic mass is 19.4. The van der Waals surface area contributed by atoms with Crippen molar-refractivity contribution in [2.45, 2.75) is 50.4 Å². The largest absolute Gasteiger partial charge is 0.416 e. The lowest BCUT2D eigenvalue weighted by Crippen LogP contribution is -2.35. The normalized spacial score (nSPS) is 18.6. The second kappa shape index (κ2) is 10.1. The first kappa shape index (κ1) is 26.9. The Labute approximate surface area is 219 Å². The number of hydrogen-bond donors (Lipinski definition) is 0. The maximum absolute atomic E-state index is 13.7. The van der Waals surface area contributed by atoms with E-state index in [1.54, 1.807) is 12.1 Å². The van der Waals surface area contributed by atoms with Crippen LogP contribution < -0.4 is 0 Å². The van der Waals surface area contributed by atoms with E-state index in [2.05, 4.69) is 10.2 Å². The number of alkyl halides is 6. The van der Waals surface area contributed by atoms with Crippen LogP contribution in [0, 0.1) is 5.82 Å². The minimum Gasteiger partial charge on any atom is -0.369 e. The van der Waals surface area contributed by atoms with E-state index >= 15 is 0 Å². The fourth-order valence-electron chi connectivity index (χ4n) is 4.84.